The first-order valence-corrected chi connectivity index (χ1v) is 12.3. The number of dihydropyridines is 1. The molecule has 2 heterocycles. The normalized spacial score (nSPS) is 23.3. The SMILES string of the molecule is CCc1ccc(C2=CC3=NC4C=CC=CC4C=C3C(CC(C)=O)N2c2ccc(Br)cc2)cc1. The third-order valence-corrected chi connectivity index (χ3v) is 7.08. The number of halogens is 1. The Morgan fingerprint density at radius 1 is 1.03 bits per heavy atom. The number of aryl methyl sites for hydroxylation is 1. The highest BCUT2D eigenvalue weighted by atomic mass is 79.9. The van der Waals surface area contributed by atoms with E-state index in [1.54, 1.807) is 6.92 Å². The van der Waals surface area contributed by atoms with Crippen LogP contribution in [-0.4, -0.2) is 23.6 Å². The van der Waals surface area contributed by atoms with E-state index in [1.807, 2.05) is 0 Å². The highest BCUT2D eigenvalue weighted by Gasteiger charge is 2.37. The van der Waals surface area contributed by atoms with Gasteiger partial charge in [0, 0.05) is 22.5 Å². The van der Waals surface area contributed by atoms with E-state index < -0.39 is 0 Å². The lowest BCUT2D eigenvalue weighted by molar-refractivity contribution is -0.117. The molecule has 2 aromatic carbocycles. The predicted molar refractivity (Wildman–Crippen MR) is 141 cm³/mol. The molecule has 0 radical (unpaired) electrons. The lowest BCUT2D eigenvalue weighted by atomic mass is 9.81. The minimum absolute atomic E-state index is 0.103. The summed E-state index contributed by atoms with van der Waals surface area (Å²) in [4.78, 5) is 19.9. The summed E-state index contributed by atoms with van der Waals surface area (Å²) >= 11 is 3.56. The van der Waals surface area contributed by atoms with Crippen LogP contribution in [0, 0.1) is 5.92 Å². The smallest absolute Gasteiger partial charge is 0.132 e. The van der Waals surface area contributed by atoms with Crippen LogP contribution in [0.1, 0.15) is 31.4 Å². The molecule has 33 heavy (non-hydrogen) atoms. The van der Waals surface area contributed by atoms with Gasteiger partial charge in [-0.3, -0.25) is 9.79 Å². The Morgan fingerprint density at radius 2 is 1.76 bits per heavy atom. The van der Waals surface area contributed by atoms with Crippen molar-refractivity contribution in [2.24, 2.45) is 10.9 Å². The summed E-state index contributed by atoms with van der Waals surface area (Å²) in [5.41, 5.74) is 6.72. The van der Waals surface area contributed by atoms with E-state index >= 15 is 0 Å². The van der Waals surface area contributed by atoms with E-state index in [9.17, 15) is 4.79 Å². The Balaban J connectivity index is 1.70. The molecule has 3 unspecified atom stereocenters. The van der Waals surface area contributed by atoms with Crippen molar-refractivity contribution in [3.05, 3.63) is 106 Å². The molecular formula is C29H27BrN2O. The number of fused-ring (bicyclic) bond motifs is 2. The molecule has 3 aliphatic rings. The molecule has 1 aliphatic carbocycles. The number of ketones is 1. The molecule has 2 aliphatic heterocycles. The Bertz CT molecular complexity index is 1220. The van der Waals surface area contributed by atoms with Crippen molar-refractivity contribution in [3.8, 4) is 0 Å². The van der Waals surface area contributed by atoms with Crippen molar-refractivity contribution >= 4 is 38.8 Å². The molecule has 5 rings (SSSR count). The van der Waals surface area contributed by atoms with E-state index in [2.05, 4.69) is 113 Å². The number of allylic oxidation sites excluding steroid dienone is 3. The van der Waals surface area contributed by atoms with Gasteiger partial charge in [0.05, 0.1) is 23.5 Å². The van der Waals surface area contributed by atoms with Crippen LogP contribution in [0.2, 0.25) is 0 Å². The van der Waals surface area contributed by atoms with Crippen LogP contribution in [-0.2, 0) is 11.2 Å². The molecule has 3 nitrogen and oxygen atoms in total. The fourth-order valence-corrected chi connectivity index (χ4v) is 5.12. The molecule has 0 saturated heterocycles. The largest absolute Gasteiger partial charge is 0.333 e. The van der Waals surface area contributed by atoms with Gasteiger partial charge in [-0.1, -0.05) is 77.5 Å². The Labute approximate surface area is 204 Å². The monoisotopic (exact) mass is 498 g/mol. The fraction of sp³-hybridized carbons (Fsp3) is 0.241. The molecule has 0 N–H and O–H groups in total. The minimum Gasteiger partial charge on any atom is -0.333 e. The van der Waals surface area contributed by atoms with Crippen molar-refractivity contribution in [3.63, 3.8) is 0 Å². The molecular weight excluding hydrogens is 472 g/mol. The van der Waals surface area contributed by atoms with Gasteiger partial charge < -0.3 is 4.90 Å². The van der Waals surface area contributed by atoms with Gasteiger partial charge in [-0.25, -0.2) is 0 Å². The predicted octanol–water partition coefficient (Wildman–Crippen LogP) is 6.71. The zero-order valence-corrected chi connectivity index (χ0v) is 20.5. The maximum absolute atomic E-state index is 12.5. The van der Waals surface area contributed by atoms with Crippen LogP contribution in [0.15, 0.2) is 100 Å². The van der Waals surface area contributed by atoms with E-state index in [1.165, 1.54) is 5.56 Å². The standard InChI is InChI=1S/C29H27BrN2O/c1-3-20-8-10-21(11-9-20)28-18-27-25(17-22-6-4-5-7-26(22)31-27)29(16-19(2)33)32(28)24-14-12-23(30)13-15-24/h4-15,17-18,22,26,29H,3,16H2,1-2H3. The number of anilines is 1. The summed E-state index contributed by atoms with van der Waals surface area (Å²) in [5.74, 6) is 0.403. The first-order chi connectivity index (χ1) is 16.0. The molecule has 2 aromatic rings. The van der Waals surface area contributed by atoms with E-state index in [4.69, 9.17) is 4.99 Å². The zero-order valence-electron chi connectivity index (χ0n) is 18.9. The van der Waals surface area contributed by atoms with Gasteiger partial charge in [0.1, 0.15) is 5.78 Å². The van der Waals surface area contributed by atoms with Crippen molar-refractivity contribution in [2.75, 3.05) is 4.90 Å². The average molecular weight is 499 g/mol. The second-order valence-corrected chi connectivity index (χ2v) is 9.74. The molecule has 3 atom stereocenters. The number of nitrogens with zero attached hydrogens (tertiary/aromatic N) is 2. The number of hydrogen-bond donors (Lipinski definition) is 0. The van der Waals surface area contributed by atoms with E-state index in [-0.39, 0.29) is 23.8 Å². The number of benzene rings is 2. The highest BCUT2D eigenvalue weighted by molar-refractivity contribution is 9.10. The van der Waals surface area contributed by atoms with Crippen LogP contribution < -0.4 is 4.90 Å². The van der Waals surface area contributed by atoms with Crippen LogP contribution in [0.25, 0.3) is 5.70 Å². The van der Waals surface area contributed by atoms with Gasteiger partial charge in [0.15, 0.2) is 0 Å². The summed E-state index contributed by atoms with van der Waals surface area (Å²) < 4.78 is 1.03. The highest BCUT2D eigenvalue weighted by Crippen LogP contribution is 2.40. The maximum atomic E-state index is 12.5. The molecule has 0 fully saturated rings. The third kappa shape index (κ3) is 4.32. The Kier molecular flexibility index (Phi) is 6.03. The molecule has 4 heteroatoms. The molecule has 166 valence electrons. The zero-order chi connectivity index (χ0) is 22.9. The number of carbonyl (C=O) groups excluding carboxylic acids is 1. The van der Waals surface area contributed by atoms with Crippen LogP contribution in [0.3, 0.4) is 0 Å². The summed E-state index contributed by atoms with van der Waals surface area (Å²) in [7, 11) is 0. The minimum atomic E-state index is -0.103. The first-order valence-electron chi connectivity index (χ1n) is 11.5. The van der Waals surface area contributed by atoms with Gasteiger partial charge in [-0.2, -0.15) is 0 Å². The lowest BCUT2D eigenvalue weighted by Gasteiger charge is -2.42. The van der Waals surface area contributed by atoms with Gasteiger partial charge in [-0.05, 0) is 60.4 Å². The fourth-order valence-electron chi connectivity index (χ4n) is 4.86. The van der Waals surface area contributed by atoms with Crippen molar-refractivity contribution in [1.29, 1.82) is 0 Å². The van der Waals surface area contributed by atoms with Crippen LogP contribution >= 0.6 is 15.9 Å². The van der Waals surface area contributed by atoms with Crippen LogP contribution in [0.4, 0.5) is 5.69 Å². The van der Waals surface area contributed by atoms with Gasteiger partial charge in [0.2, 0.25) is 0 Å². The number of hydrogen-bond acceptors (Lipinski definition) is 3. The van der Waals surface area contributed by atoms with Gasteiger partial charge in [-0.15, -0.1) is 0 Å². The van der Waals surface area contributed by atoms with E-state index in [0.29, 0.717) is 6.42 Å². The second-order valence-electron chi connectivity index (χ2n) is 8.82. The number of aliphatic imine (C=N–C) groups is 1. The lowest BCUT2D eigenvalue weighted by Crippen LogP contribution is -2.44. The van der Waals surface area contributed by atoms with Crippen molar-refractivity contribution < 1.29 is 4.79 Å². The third-order valence-electron chi connectivity index (χ3n) is 6.55. The summed E-state index contributed by atoms with van der Waals surface area (Å²) in [5, 5.41) is 0. The Hall–Kier alpha value is -2.98. The average Bonchev–Trinajstić information content (AvgIpc) is 2.83. The number of rotatable bonds is 5. The molecule has 0 spiro atoms. The number of Topliss-reactive ketones (excluding diaryl/α,β-unsaturated/α-hetero) is 1. The number of carbonyl (C=O) groups is 1. The first kappa shape index (κ1) is 21.8. The quantitative estimate of drug-likeness (QED) is 0.458. The molecule has 0 amide bonds. The second kappa shape index (κ2) is 9.11. The van der Waals surface area contributed by atoms with Crippen molar-refractivity contribution in [1.82, 2.24) is 0 Å². The summed E-state index contributed by atoms with van der Waals surface area (Å²) in [6, 6.07) is 17.1. The maximum Gasteiger partial charge on any atom is 0.132 e. The summed E-state index contributed by atoms with van der Waals surface area (Å²) in [6.07, 6.45) is 14.5. The molecule has 0 saturated carbocycles. The van der Waals surface area contributed by atoms with Crippen molar-refractivity contribution in [2.45, 2.75) is 38.8 Å². The van der Waals surface area contributed by atoms with Crippen LogP contribution in [0.5, 0.6) is 0 Å². The molecule has 0 aromatic heterocycles. The van der Waals surface area contributed by atoms with E-state index in [0.717, 1.165) is 39.1 Å². The van der Waals surface area contributed by atoms with Gasteiger partial charge >= 0.3 is 0 Å². The summed E-state index contributed by atoms with van der Waals surface area (Å²) in [6.45, 7) is 3.85. The molecule has 0 bridgehead atoms. The Morgan fingerprint density at radius 3 is 2.45 bits per heavy atom. The van der Waals surface area contributed by atoms with Gasteiger partial charge in [0.25, 0.3) is 0 Å². The topological polar surface area (TPSA) is 32.7 Å².